The van der Waals surface area contributed by atoms with Crippen LogP contribution >= 0.6 is 15.9 Å². The van der Waals surface area contributed by atoms with Crippen LogP contribution in [0.1, 0.15) is 120 Å². The molecular weight excluding hydrogens is 412 g/mol. The molecule has 0 aliphatic carbocycles. The number of hydrogen-bond donors (Lipinski definition) is 0. The first-order valence-electron chi connectivity index (χ1n) is 11.7. The predicted octanol–water partition coefficient (Wildman–Crippen LogP) is 8.87. The number of unbranched alkanes of at least 4 members (excludes halogenated alkanes) is 15. The van der Waals surface area contributed by atoms with Crippen LogP contribution in [0.15, 0.2) is 28.7 Å². The van der Waals surface area contributed by atoms with Gasteiger partial charge in [-0.2, -0.15) is 0 Å². The van der Waals surface area contributed by atoms with Gasteiger partial charge in [0.15, 0.2) is 0 Å². The van der Waals surface area contributed by atoms with E-state index in [0.717, 1.165) is 17.3 Å². The highest BCUT2D eigenvalue weighted by Crippen LogP contribution is 2.17. The molecule has 28 heavy (non-hydrogen) atoms. The van der Waals surface area contributed by atoms with Crippen LogP contribution in [0.2, 0.25) is 0 Å². The molecule has 160 valence electrons. The number of rotatable bonds is 18. The van der Waals surface area contributed by atoms with E-state index in [2.05, 4.69) is 22.9 Å². The molecular formula is C25H41BrO2. The molecule has 0 aromatic heterocycles. The average molecular weight is 454 g/mol. The Bertz CT molecular complexity index is 501. The third-order valence-corrected chi connectivity index (χ3v) is 6.02. The van der Waals surface area contributed by atoms with Crippen LogP contribution in [-0.2, 0) is 4.74 Å². The summed E-state index contributed by atoms with van der Waals surface area (Å²) in [7, 11) is 0. The van der Waals surface area contributed by atoms with E-state index in [9.17, 15) is 4.79 Å². The van der Waals surface area contributed by atoms with Gasteiger partial charge in [-0.25, -0.2) is 4.79 Å². The summed E-state index contributed by atoms with van der Waals surface area (Å²) in [5, 5.41) is 0. The maximum absolute atomic E-state index is 12.0. The molecule has 1 aromatic rings. The highest BCUT2D eigenvalue weighted by Gasteiger charge is 2.09. The summed E-state index contributed by atoms with van der Waals surface area (Å²) in [6, 6.07) is 7.41. The Morgan fingerprint density at radius 1 is 0.714 bits per heavy atom. The van der Waals surface area contributed by atoms with Gasteiger partial charge in [-0.3, -0.25) is 0 Å². The van der Waals surface area contributed by atoms with Gasteiger partial charge in [0.2, 0.25) is 0 Å². The Balaban J connectivity index is 1.80. The van der Waals surface area contributed by atoms with Gasteiger partial charge in [-0.1, -0.05) is 115 Å². The van der Waals surface area contributed by atoms with Gasteiger partial charge in [-0.05, 0) is 34.5 Å². The van der Waals surface area contributed by atoms with E-state index in [4.69, 9.17) is 4.74 Å². The summed E-state index contributed by atoms with van der Waals surface area (Å²) in [6.07, 6.45) is 21.6. The van der Waals surface area contributed by atoms with Gasteiger partial charge in [0.25, 0.3) is 0 Å². The number of carbonyl (C=O) groups excluding carboxylic acids is 1. The van der Waals surface area contributed by atoms with E-state index < -0.39 is 0 Å². The van der Waals surface area contributed by atoms with Gasteiger partial charge in [0, 0.05) is 4.47 Å². The monoisotopic (exact) mass is 452 g/mol. The Morgan fingerprint density at radius 3 is 1.61 bits per heavy atom. The molecule has 0 saturated carbocycles. The summed E-state index contributed by atoms with van der Waals surface area (Å²) >= 11 is 3.39. The van der Waals surface area contributed by atoms with E-state index in [1.165, 1.54) is 89.9 Å². The van der Waals surface area contributed by atoms with E-state index in [1.807, 2.05) is 18.2 Å². The highest BCUT2D eigenvalue weighted by atomic mass is 79.9. The first kappa shape index (κ1) is 25.2. The fourth-order valence-corrected chi connectivity index (χ4v) is 3.97. The Kier molecular flexibility index (Phi) is 16.4. The van der Waals surface area contributed by atoms with Crippen molar-refractivity contribution in [2.45, 2.75) is 110 Å². The van der Waals surface area contributed by atoms with Crippen LogP contribution in [-0.4, -0.2) is 12.6 Å². The smallest absolute Gasteiger partial charge is 0.339 e. The van der Waals surface area contributed by atoms with Crippen molar-refractivity contribution >= 4 is 21.9 Å². The third kappa shape index (κ3) is 13.4. The van der Waals surface area contributed by atoms with Crippen LogP contribution in [0, 0.1) is 0 Å². The minimum Gasteiger partial charge on any atom is -0.462 e. The minimum absolute atomic E-state index is 0.228. The summed E-state index contributed by atoms with van der Waals surface area (Å²) in [4.78, 5) is 12.0. The summed E-state index contributed by atoms with van der Waals surface area (Å²) < 4.78 is 6.16. The average Bonchev–Trinajstić information content (AvgIpc) is 2.70. The molecule has 0 radical (unpaired) electrons. The zero-order chi connectivity index (χ0) is 20.3. The van der Waals surface area contributed by atoms with Crippen molar-refractivity contribution in [3.63, 3.8) is 0 Å². The van der Waals surface area contributed by atoms with Gasteiger partial charge in [-0.15, -0.1) is 0 Å². The second-order valence-electron chi connectivity index (χ2n) is 7.92. The number of esters is 1. The van der Waals surface area contributed by atoms with Crippen molar-refractivity contribution in [3.05, 3.63) is 34.3 Å². The zero-order valence-electron chi connectivity index (χ0n) is 18.0. The molecule has 0 bridgehead atoms. The lowest BCUT2D eigenvalue weighted by molar-refractivity contribution is 0.0496. The molecule has 0 amide bonds. The number of ether oxygens (including phenoxy) is 1. The van der Waals surface area contributed by atoms with Gasteiger partial charge < -0.3 is 4.74 Å². The van der Waals surface area contributed by atoms with Crippen LogP contribution < -0.4 is 0 Å². The lowest BCUT2D eigenvalue weighted by Crippen LogP contribution is -2.07. The van der Waals surface area contributed by atoms with Crippen molar-refractivity contribution in [1.29, 1.82) is 0 Å². The molecule has 0 fully saturated rings. The molecule has 0 heterocycles. The number of halogens is 1. The molecule has 3 heteroatoms. The zero-order valence-corrected chi connectivity index (χ0v) is 19.6. The van der Waals surface area contributed by atoms with Gasteiger partial charge in [0.1, 0.15) is 0 Å². The first-order valence-corrected chi connectivity index (χ1v) is 12.5. The molecule has 1 rings (SSSR count). The number of benzene rings is 1. The first-order chi connectivity index (χ1) is 13.8. The molecule has 0 spiro atoms. The number of carbonyl (C=O) groups is 1. The second kappa shape index (κ2) is 18.2. The maximum Gasteiger partial charge on any atom is 0.339 e. The van der Waals surface area contributed by atoms with Gasteiger partial charge in [0.05, 0.1) is 12.2 Å². The quantitative estimate of drug-likeness (QED) is 0.164. The lowest BCUT2D eigenvalue weighted by Gasteiger charge is -2.06. The normalized spacial score (nSPS) is 10.9. The van der Waals surface area contributed by atoms with Crippen molar-refractivity contribution in [2.75, 3.05) is 6.61 Å². The van der Waals surface area contributed by atoms with E-state index in [-0.39, 0.29) is 5.97 Å². The largest absolute Gasteiger partial charge is 0.462 e. The molecule has 1 aromatic carbocycles. The number of hydrogen-bond acceptors (Lipinski definition) is 2. The Hall–Kier alpha value is -0.830. The fraction of sp³-hybridized carbons (Fsp3) is 0.720. The van der Waals surface area contributed by atoms with E-state index >= 15 is 0 Å². The summed E-state index contributed by atoms with van der Waals surface area (Å²) in [6.45, 7) is 2.81. The fourth-order valence-electron chi connectivity index (χ4n) is 3.52. The van der Waals surface area contributed by atoms with Crippen molar-refractivity contribution in [1.82, 2.24) is 0 Å². The van der Waals surface area contributed by atoms with Crippen LogP contribution in [0.5, 0.6) is 0 Å². The molecule has 0 unspecified atom stereocenters. The molecule has 0 atom stereocenters. The third-order valence-electron chi connectivity index (χ3n) is 5.32. The Morgan fingerprint density at radius 2 is 1.14 bits per heavy atom. The lowest BCUT2D eigenvalue weighted by atomic mass is 10.0. The van der Waals surface area contributed by atoms with E-state index in [1.54, 1.807) is 6.07 Å². The second-order valence-corrected chi connectivity index (χ2v) is 8.77. The molecule has 0 saturated heterocycles. The van der Waals surface area contributed by atoms with Crippen molar-refractivity contribution < 1.29 is 9.53 Å². The van der Waals surface area contributed by atoms with Crippen molar-refractivity contribution in [2.24, 2.45) is 0 Å². The minimum atomic E-state index is -0.228. The van der Waals surface area contributed by atoms with E-state index in [0.29, 0.717) is 12.2 Å². The SMILES string of the molecule is CCCCCCCCCCCCCCCCCCOC(=O)c1ccccc1Br. The molecule has 0 aliphatic heterocycles. The van der Waals surface area contributed by atoms with Crippen LogP contribution in [0.4, 0.5) is 0 Å². The maximum atomic E-state index is 12.0. The molecule has 0 aliphatic rings. The standard InChI is InChI=1S/C25H41BrO2/c1-2-3-4-5-6-7-8-9-10-11-12-13-14-15-16-19-22-28-25(27)23-20-17-18-21-24(23)26/h17-18,20-21H,2-16,19,22H2,1H3. The topological polar surface area (TPSA) is 26.3 Å². The van der Waals surface area contributed by atoms with Crippen LogP contribution in [0.25, 0.3) is 0 Å². The van der Waals surface area contributed by atoms with Gasteiger partial charge >= 0.3 is 5.97 Å². The molecule has 2 nitrogen and oxygen atoms in total. The molecule has 0 N–H and O–H groups in total. The van der Waals surface area contributed by atoms with Crippen LogP contribution in [0.3, 0.4) is 0 Å². The predicted molar refractivity (Wildman–Crippen MR) is 124 cm³/mol. The Labute approximate surface area is 182 Å². The summed E-state index contributed by atoms with van der Waals surface area (Å²) in [5.41, 5.74) is 0.610. The summed E-state index contributed by atoms with van der Waals surface area (Å²) in [5.74, 6) is -0.228. The van der Waals surface area contributed by atoms with Crippen molar-refractivity contribution in [3.8, 4) is 0 Å². The highest BCUT2D eigenvalue weighted by molar-refractivity contribution is 9.10.